The van der Waals surface area contributed by atoms with Gasteiger partial charge in [0.15, 0.2) is 5.16 Å². The van der Waals surface area contributed by atoms with Crippen molar-refractivity contribution in [1.29, 1.82) is 0 Å². The van der Waals surface area contributed by atoms with Gasteiger partial charge in [0, 0.05) is 63.6 Å². The number of hydrogen-bond donors (Lipinski definition) is 0. The van der Waals surface area contributed by atoms with E-state index in [0.29, 0.717) is 47.8 Å². The van der Waals surface area contributed by atoms with Crippen LogP contribution in [0.2, 0.25) is 5.15 Å². The van der Waals surface area contributed by atoms with E-state index in [0.717, 1.165) is 24.5 Å². The number of carbonyl (C=O) groups excluding carboxylic acids is 2. The molecule has 0 unspecified atom stereocenters. The standard InChI is InChI=1S/C22H26ClN5O2S/c1-16(29)26-9-11-28(12-10-26)21(30)18-6-4-5-17(13-18)15-31-22-24-19(23)14-20(25-22)27-7-2-3-8-27/h4-6,13-14H,2-3,7-12,15H2,1H3. The summed E-state index contributed by atoms with van der Waals surface area (Å²) in [5, 5.41) is 1.10. The van der Waals surface area contributed by atoms with Gasteiger partial charge in [-0.05, 0) is 30.5 Å². The zero-order valence-corrected chi connectivity index (χ0v) is 19.2. The molecule has 0 aliphatic carbocycles. The summed E-state index contributed by atoms with van der Waals surface area (Å²) < 4.78 is 0. The van der Waals surface area contributed by atoms with Crippen molar-refractivity contribution in [3.63, 3.8) is 0 Å². The minimum atomic E-state index is 0.00498. The van der Waals surface area contributed by atoms with Gasteiger partial charge in [0.05, 0.1) is 0 Å². The molecule has 0 atom stereocenters. The van der Waals surface area contributed by atoms with E-state index < -0.39 is 0 Å². The van der Waals surface area contributed by atoms with Gasteiger partial charge in [-0.3, -0.25) is 9.59 Å². The van der Waals surface area contributed by atoms with Crippen LogP contribution in [-0.4, -0.2) is 70.9 Å². The number of rotatable bonds is 5. The average Bonchev–Trinajstić information content (AvgIpc) is 3.32. The number of thioether (sulfide) groups is 1. The van der Waals surface area contributed by atoms with Crippen molar-refractivity contribution >= 4 is 41.0 Å². The summed E-state index contributed by atoms with van der Waals surface area (Å²) in [4.78, 5) is 39.3. The number of nitrogens with zero attached hydrogens (tertiary/aromatic N) is 5. The summed E-state index contributed by atoms with van der Waals surface area (Å²) in [5.74, 6) is 1.60. The molecule has 2 aromatic rings. The SMILES string of the molecule is CC(=O)N1CCN(C(=O)c2cccc(CSc3nc(Cl)cc(N4CCCC4)n3)c2)CC1. The molecule has 2 fully saturated rings. The van der Waals surface area contributed by atoms with E-state index >= 15 is 0 Å². The van der Waals surface area contributed by atoms with Gasteiger partial charge in [0.1, 0.15) is 11.0 Å². The Morgan fingerprint density at radius 2 is 1.71 bits per heavy atom. The summed E-state index contributed by atoms with van der Waals surface area (Å²) >= 11 is 7.74. The third kappa shape index (κ3) is 5.49. The number of halogens is 1. The van der Waals surface area contributed by atoms with Crippen LogP contribution < -0.4 is 4.90 Å². The van der Waals surface area contributed by atoms with Gasteiger partial charge in [-0.15, -0.1) is 0 Å². The van der Waals surface area contributed by atoms with Gasteiger partial charge in [-0.2, -0.15) is 0 Å². The predicted molar refractivity (Wildman–Crippen MR) is 123 cm³/mol. The first-order valence-corrected chi connectivity index (χ1v) is 11.9. The van der Waals surface area contributed by atoms with Crippen LogP contribution in [0.25, 0.3) is 0 Å². The van der Waals surface area contributed by atoms with Gasteiger partial charge in [0.25, 0.3) is 5.91 Å². The quantitative estimate of drug-likeness (QED) is 0.388. The zero-order chi connectivity index (χ0) is 21.8. The Balaban J connectivity index is 1.39. The van der Waals surface area contributed by atoms with Gasteiger partial charge in [0.2, 0.25) is 5.91 Å². The third-order valence-electron chi connectivity index (χ3n) is 5.64. The van der Waals surface area contributed by atoms with Crippen LogP contribution in [0.15, 0.2) is 35.5 Å². The second-order valence-electron chi connectivity index (χ2n) is 7.81. The first-order valence-electron chi connectivity index (χ1n) is 10.6. The van der Waals surface area contributed by atoms with Crippen LogP contribution in [0.3, 0.4) is 0 Å². The molecule has 0 saturated carbocycles. The van der Waals surface area contributed by atoms with Crippen molar-refractivity contribution in [3.8, 4) is 0 Å². The highest BCUT2D eigenvalue weighted by molar-refractivity contribution is 7.98. The second kappa shape index (κ2) is 9.87. The Kier molecular flexibility index (Phi) is 6.97. The maximum absolute atomic E-state index is 12.9. The first kappa shape index (κ1) is 21.9. The van der Waals surface area contributed by atoms with Gasteiger partial charge >= 0.3 is 0 Å². The third-order valence-corrected chi connectivity index (χ3v) is 6.76. The molecule has 0 radical (unpaired) electrons. The topological polar surface area (TPSA) is 69.6 Å². The molecule has 3 heterocycles. The number of anilines is 1. The predicted octanol–water partition coefficient (Wildman–Crippen LogP) is 3.33. The highest BCUT2D eigenvalue weighted by Crippen LogP contribution is 2.26. The Morgan fingerprint density at radius 1 is 1.00 bits per heavy atom. The lowest BCUT2D eigenvalue weighted by Crippen LogP contribution is -2.50. The van der Waals surface area contributed by atoms with Crippen molar-refractivity contribution < 1.29 is 9.59 Å². The minimum Gasteiger partial charge on any atom is -0.356 e. The fraction of sp³-hybridized carbons (Fsp3) is 0.455. The largest absolute Gasteiger partial charge is 0.356 e. The van der Waals surface area contributed by atoms with E-state index in [1.165, 1.54) is 24.6 Å². The first-order chi connectivity index (χ1) is 15.0. The van der Waals surface area contributed by atoms with E-state index in [4.69, 9.17) is 11.6 Å². The molecule has 164 valence electrons. The molecule has 1 aromatic carbocycles. The number of hydrogen-bond acceptors (Lipinski definition) is 6. The minimum absolute atomic E-state index is 0.00498. The van der Waals surface area contributed by atoms with Gasteiger partial charge in [-0.25, -0.2) is 9.97 Å². The molecule has 4 rings (SSSR count). The number of piperazine rings is 1. The van der Waals surface area contributed by atoms with E-state index in [-0.39, 0.29) is 11.8 Å². The molecule has 0 N–H and O–H groups in total. The Labute approximate surface area is 191 Å². The van der Waals surface area contributed by atoms with Crippen molar-refractivity contribution in [3.05, 3.63) is 46.6 Å². The van der Waals surface area contributed by atoms with E-state index in [9.17, 15) is 9.59 Å². The molecule has 2 aliphatic heterocycles. The molecule has 2 saturated heterocycles. The number of aromatic nitrogens is 2. The Morgan fingerprint density at radius 3 is 2.42 bits per heavy atom. The van der Waals surface area contributed by atoms with Crippen LogP contribution in [0, 0.1) is 0 Å². The van der Waals surface area contributed by atoms with Crippen molar-refractivity contribution in [2.75, 3.05) is 44.2 Å². The highest BCUT2D eigenvalue weighted by Gasteiger charge is 2.23. The molecule has 7 nitrogen and oxygen atoms in total. The van der Waals surface area contributed by atoms with Crippen molar-refractivity contribution in [2.24, 2.45) is 0 Å². The summed E-state index contributed by atoms with van der Waals surface area (Å²) in [7, 11) is 0. The average molecular weight is 460 g/mol. The molecular weight excluding hydrogens is 434 g/mol. The smallest absolute Gasteiger partial charge is 0.253 e. The van der Waals surface area contributed by atoms with E-state index in [1.54, 1.807) is 11.8 Å². The van der Waals surface area contributed by atoms with Crippen LogP contribution in [-0.2, 0) is 10.5 Å². The van der Waals surface area contributed by atoms with Crippen LogP contribution >= 0.6 is 23.4 Å². The number of amides is 2. The summed E-state index contributed by atoms with van der Waals surface area (Å²) in [6.45, 7) is 5.87. The molecular formula is C22H26ClN5O2S. The molecule has 31 heavy (non-hydrogen) atoms. The summed E-state index contributed by atoms with van der Waals surface area (Å²) in [5.41, 5.74) is 1.70. The molecule has 9 heteroatoms. The van der Waals surface area contributed by atoms with Crippen LogP contribution in [0.5, 0.6) is 0 Å². The van der Waals surface area contributed by atoms with Crippen molar-refractivity contribution in [2.45, 2.75) is 30.7 Å². The highest BCUT2D eigenvalue weighted by atomic mass is 35.5. The van der Waals surface area contributed by atoms with Gasteiger partial charge in [-0.1, -0.05) is 35.5 Å². The lowest BCUT2D eigenvalue weighted by molar-refractivity contribution is -0.130. The fourth-order valence-corrected chi connectivity index (χ4v) is 4.93. The van der Waals surface area contributed by atoms with E-state index in [1.807, 2.05) is 35.2 Å². The Bertz CT molecular complexity index is 959. The summed E-state index contributed by atoms with van der Waals surface area (Å²) in [6, 6.07) is 9.50. The fourth-order valence-electron chi connectivity index (χ4n) is 3.91. The summed E-state index contributed by atoms with van der Waals surface area (Å²) in [6.07, 6.45) is 2.35. The molecule has 0 spiro atoms. The Hall–Kier alpha value is -2.32. The van der Waals surface area contributed by atoms with E-state index in [2.05, 4.69) is 14.9 Å². The molecule has 1 aromatic heterocycles. The maximum atomic E-state index is 12.9. The van der Waals surface area contributed by atoms with Crippen LogP contribution in [0.4, 0.5) is 5.82 Å². The van der Waals surface area contributed by atoms with Crippen molar-refractivity contribution in [1.82, 2.24) is 19.8 Å². The lowest BCUT2D eigenvalue weighted by Gasteiger charge is -2.34. The monoisotopic (exact) mass is 459 g/mol. The molecule has 2 aliphatic rings. The zero-order valence-electron chi connectivity index (χ0n) is 17.6. The lowest BCUT2D eigenvalue weighted by atomic mass is 10.1. The molecule has 2 amide bonds. The number of benzene rings is 1. The van der Waals surface area contributed by atoms with Gasteiger partial charge < -0.3 is 14.7 Å². The maximum Gasteiger partial charge on any atom is 0.253 e. The molecule has 0 bridgehead atoms. The second-order valence-corrected chi connectivity index (χ2v) is 9.14. The normalized spacial score (nSPS) is 16.6. The number of carbonyl (C=O) groups is 2. The van der Waals surface area contributed by atoms with Crippen LogP contribution in [0.1, 0.15) is 35.7 Å².